The van der Waals surface area contributed by atoms with Crippen LogP contribution in [0.2, 0.25) is 0 Å². The third kappa shape index (κ3) is 3.74. The van der Waals surface area contributed by atoms with Crippen LogP contribution in [0, 0.1) is 11.7 Å². The van der Waals surface area contributed by atoms with E-state index in [1.54, 1.807) is 19.2 Å². The van der Waals surface area contributed by atoms with E-state index in [9.17, 15) is 4.39 Å². The van der Waals surface area contributed by atoms with Gasteiger partial charge in [0.25, 0.3) is 0 Å². The first-order valence-corrected chi connectivity index (χ1v) is 7.84. The van der Waals surface area contributed by atoms with Crippen LogP contribution in [0.5, 0.6) is 5.75 Å². The highest BCUT2D eigenvalue weighted by Gasteiger charge is 2.29. The van der Waals surface area contributed by atoms with Gasteiger partial charge in [-0.05, 0) is 70.4 Å². The van der Waals surface area contributed by atoms with Gasteiger partial charge in [0.2, 0.25) is 0 Å². The van der Waals surface area contributed by atoms with Crippen LogP contribution in [0.4, 0.5) is 4.39 Å². The van der Waals surface area contributed by atoms with Gasteiger partial charge in [-0.15, -0.1) is 0 Å². The van der Waals surface area contributed by atoms with Crippen molar-refractivity contribution in [2.24, 2.45) is 11.7 Å². The van der Waals surface area contributed by atoms with E-state index in [1.807, 2.05) is 0 Å². The van der Waals surface area contributed by atoms with E-state index in [4.69, 9.17) is 10.5 Å². The highest BCUT2D eigenvalue weighted by molar-refractivity contribution is 5.37. The Bertz CT molecular complexity index is 456. The molecule has 0 radical (unpaired) electrons. The lowest BCUT2D eigenvalue weighted by atomic mass is 9.79. The second kappa shape index (κ2) is 7.23. The van der Waals surface area contributed by atoms with E-state index in [0.29, 0.717) is 18.5 Å². The molecular weight excluding hydrogens is 267 g/mol. The molecule has 0 saturated carbocycles. The molecule has 3 nitrogen and oxygen atoms in total. The van der Waals surface area contributed by atoms with Gasteiger partial charge in [-0.25, -0.2) is 4.39 Å². The summed E-state index contributed by atoms with van der Waals surface area (Å²) in [7, 11) is 1.63. The van der Waals surface area contributed by atoms with Crippen LogP contribution in [0.15, 0.2) is 18.2 Å². The van der Waals surface area contributed by atoms with Gasteiger partial charge in [-0.2, -0.15) is 0 Å². The molecule has 1 saturated heterocycles. The van der Waals surface area contributed by atoms with Gasteiger partial charge in [0.05, 0.1) is 7.11 Å². The molecule has 1 aliphatic heterocycles. The number of ether oxygens (including phenoxy) is 1. The van der Waals surface area contributed by atoms with E-state index in [2.05, 4.69) is 18.7 Å². The van der Waals surface area contributed by atoms with E-state index in [0.717, 1.165) is 37.2 Å². The van der Waals surface area contributed by atoms with Crippen LogP contribution in [-0.2, 0) is 0 Å². The van der Waals surface area contributed by atoms with Crippen molar-refractivity contribution in [2.75, 3.05) is 26.7 Å². The molecule has 118 valence electrons. The summed E-state index contributed by atoms with van der Waals surface area (Å²) >= 11 is 0. The predicted molar refractivity (Wildman–Crippen MR) is 84.2 cm³/mol. The predicted octanol–water partition coefficient (Wildman–Crippen LogP) is 3.00. The first-order chi connectivity index (χ1) is 10.1. The minimum atomic E-state index is -0.219. The second-order valence-corrected chi connectivity index (χ2v) is 6.20. The van der Waals surface area contributed by atoms with Gasteiger partial charge in [-0.1, -0.05) is 0 Å². The molecule has 0 bridgehead atoms. The zero-order valence-corrected chi connectivity index (χ0v) is 13.3. The van der Waals surface area contributed by atoms with Crippen LogP contribution < -0.4 is 10.5 Å². The quantitative estimate of drug-likeness (QED) is 0.907. The Hall–Kier alpha value is -1.13. The van der Waals surface area contributed by atoms with E-state index in [1.165, 1.54) is 6.07 Å². The maximum atomic E-state index is 13.6. The van der Waals surface area contributed by atoms with E-state index < -0.39 is 0 Å². The molecule has 1 atom stereocenters. The van der Waals surface area contributed by atoms with E-state index >= 15 is 0 Å². The maximum absolute atomic E-state index is 13.6. The first-order valence-electron chi connectivity index (χ1n) is 7.84. The average Bonchev–Trinajstić information content (AvgIpc) is 2.49. The van der Waals surface area contributed by atoms with Gasteiger partial charge < -0.3 is 15.4 Å². The highest BCUT2D eigenvalue weighted by atomic mass is 19.1. The number of likely N-dealkylation sites (tertiary alicyclic amines) is 1. The molecule has 0 amide bonds. The number of rotatable bonds is 5. The van der Waals surface area contributed by atoms with Crippen molar-refractivity contribution in [3.05, 3.63) is 29.6 Å². The Morgan fingerprint density at radius 1 is 1.33 bits per heavy atom. The molecule has 0 spiro atoms. The minimum Gasteiger partial charge on any atom is -0.496 e. The van der Waals surface area contributed by atoms with Crippen molar-refractivity contribution in [2.45, 2.75) is 38.6 Å². The maximum Gasteiger partial charge on any atom is 0.123 e. The summed E-state index contributed by atoms with van der Waals surface area (Å²) in [4.78, 5) is 2.49. The zero-order valence-electron chi connectivity index (χ0n) is 13.3. The summed E-state index contributed by atoms with van der Waals surface area (Å²) < 4.78 is 19.0. The minimum absolute atomic E-state index is 0.171. The topological polar surface area (TPSA) is 38.5 Å². The summed E-state index contributed by atoms with van der Waals surface area (Å²) in [5.74, 6) is 1.20. The zero-order chi connectivity index (χ0) is 15.4. The van der Waals surface area contributed by atoms with Gasteiger partial charge in [-0.3, -0.25) is 0 Å². The molecule has 1 aromatic carbocycles. The molecule has 2 rings (SSSR count). The van der Waals surface area contributed by atoms with Crippen molar-refractivity contribution >= 4 is 0 Å². The number of hydrogen-bond donors (Lipinski definition) is 1. The second-order valence-electron chi connectivity index (χ2n) is 6.20. The Labute approximate surface area is 127 Å². The van der Waals surface area contributed by atoms with Gasteiger partial charge in [0, 0.05) is 17.5 Å². The lowest BCUT2D eigenvalue weighted by molar-refractivity contribution is 0.137. The van der Waals surface area contributed by atoms with Crippen LogP contribution in [0.1, 0.15) is 38.2 Å². The molecule has 1 unspecified atom stereocenters. The first kappa shape index (κ1) is 16.2. The molecule has 1 aromatic rings. The number of nitrogens with two attached hydrogens (primary N) is 1. The normalized spacial score (nSPS) is 19.0. The smallest absolute Gasteiger partial charge is 0.123 e. The summed E-state index contributed by atoms with van der Waals surface area (Å²) in [6.45, 7) is 7.19. The molecule has 1 fully saturated rings. The van der Waals surface area contributed by atoms with Crippen molar-refractivity contribution in [1.82, 2.24) is 4.90 Å². The van der Waals surface area contributed by atoms with Crippen LogP contribution in [0.25, 0.3) is 0 Å². The van der Waals surface area contributed by atoms with Crippen LogP contribution >= 0.6 is 0 Å². The number of benzene rings is 1. The lowest BCUT2D eigenvalue weighted by Gasteiger charge is -2.38. The third-order valence-corrected chi connectivity index (χ3v) is 4.72. The lowest BCUT2D eigenvalue weighted by Crippen LogP contribution is -2.40. The summed E-state index contributed by atoms with van der Waals surface area (Å²) in [5.41, 5.74) is 6.93. The monoisotopic (exact) mass is 294 g/mol. The average molecular weight is 294 g/mol. The Balaban J connectivity index is 2.15. The fourth-order valence-electron chi connectivity index (χ4n) is 3.41. The Morgan fingerprint density at radius 3 is 2.52 bits per heavy atom. The largest absolute Gasteiger partial charge is 0.496 e. The van der Waals surface area contributed by atoms with Crippen molar-refractivity contribution in [3.63, 3.8) is 0 Å². The molecule has 21 heavy (non-hydrogen) atoms. The summed E-state index contributed by atoms with van der Waals surface area (Å²) in [6.07, 6.45) is 2.22. The molecule has 1 heterocycles. The molecular formula is C17H27FN2O. The van der Waals surface area contributed by atoms with Gasteiger partial charge in [0.15, 0.2) is 0 Å². The van der Waals surface area contributed by atoms with Crippen LogP contribution in [0.3, 0.4) is 0 Å². The Kier molecular flexibility index (Phi) is 5.59. The molecule has 1 aliphatic rings. The third-order valence-electron chi connectivity index (χ3n) is 4.72. The summed E-state index contributed by atoms with van der Waals surface area (Å²) in [6, 6.07) is 5.32. The molecule has 4 heteroatoms. The highest BCUT2D eigenvalue weighted by Crippen LogP contribution is 2.37. The number of halogens is 1. The van der Waals surface area contributed by atoms with Crippen molar-refractivity contribution < 1.29 is 9.13 Å². The standard InChI is InChI=1S/C17H27FN2O/c1-12(2)20-8-6-13(7-9-20)16(11-19)15-10-14(18)4-5-17(15)21-3/h4-5,10,12-13,16H,6-9,11,19H2,1-3H3. The van der Waals surface area contributed by atoms with Gasteiger partial charge in [0.1, 0.15) is 11.6 Å². The number of methoxy groups -OCH3 is 1. The van der Waals surface area contributed by atoms with Crippen LogP contribution in [-0.4, -0.2) is 37.7 Å². The van der Waals surface area contributed by atoms with Crippen molar-refractivity contribution in [1.29, 1.82) is 0 Å². The number of nitrogens with zero attached hydrogens (tertiary/aromatic N) is 1. The fourth-order valence-corrected chi connectivity index (χ4v) is 3.41. The van der Waals surface area contributed by atoms with E-state index in [-0.39, 0.29) is 11.7 Å². The fraction of sp³-hybridized carbons (Fsp3) is 0.647. The van der Waals surface area contributed by atoms with Crippen molar-refractivity contribution in [3.8, 4) is 5.75 Å². The summed E-state index contributed by atoms with van der Waals surface area (Å²) in [5, 5.41) is 0. The number of piperidine rings is 1. The Morgan fingerprint density at radius 2 is 2.00 bits per heavy atom. The SMILES string of the molecule is COc1ccc(F)cc1C(CN)C1CCN(C(C)C)CC1. The molecule has 0 aliphatic carbocycles. The molecule has 0 aromatic heterocycles. The molecule has 2 N–H and O–H groups in total. The number of hydrogen-bond acceptors (Lipinski definition) is 3. The van der Waals surface area contributed by atoms with Gasteiger partial charge >= 0.3 is 0 Å².